The first kappa shape index (κ1) is 35.4. The van der Waals surface area contributed by atoms with Gasteiger partial charge in [0.2, 0.25) is 0 Å². The fourth-order valence-electron chi connectivity index (χ4n) is 5.23. The van der Waals surface area contributed by atoms with Gasteiger partial charge >= 0.3 is 12.0 Å². The van der Waals surface area contributed by atoms with Crippen LogP contribution in [-0.4, -0.2) is 44.5 Å². The summed E-state index contributed by atoms with van der Waals surface area (Å²) in [7, 11) is 0. The molecule has 3 aromatic rings. The number of halogens is 1. The van der Waals surface area contributed by atoms with E-state index in [9.17, 15) is 9.59 Å². The minimum Gasteiger partial charge on any atom is -0.464 e. The number of aromatic nitrogens is 4. The van der Waals surface area contributed by atoms with Gasteiger partial charge in [0.1, 0.15) is 11.1 Å². The Hall–Kier alpha value is -3.07. The molecule has 0 aliphatic carbocycles. The van der Waals surface area contributed by atoms with Crippen LogP contribution in [0.5, 0.6) is 0 Å². The van der Waals surface area contributed by atoms with Crippen molar-refractivity contribution in [3.8, 4) is 11.4 Å². The van der Waals surface area contributed by atoms with Crippen molar-refractivity contribution in [3.63, 3.8) is 0 Å². The van der Waals surface area contributed by atoms with Crippen LogP contribution in [0.4, 0.5) is 10.5 Å². The molecule has 0 aliphatic rings. The summed E-state index contributed by atoms with van der Waals surface area (Å²) in [5.41, 5.74) is 2.51. The van der Waals surface area contributed by atoms with E-state index in [0.29, 0.717) is 35.2 Å². The number of H-pyrrole nitrogens is 1. The van der Waals surface area contributed by atoms with Crippen LogP contribution in [0.3, 0.4) is 0 Å². The molecule has 0 radical (unpaired) electrons. The van der Waals surface area contributed by atoms with Crippen LogP contribution in [0.25, 0.3) is 17.0 Å². The molecule has 2 amide bonds. The van der Waals surface area contributed by atoms with Crippen molar-refractivity contribution in [1.82, 2.24) is 25.1 Å². The van der Waals surface area contributed by atoms with Crippen LogP contribution in [0.15, 0.2) is 24.3 Å². The minimum atomic E-state index is -0.699. The van der Waals surface area contributed by atoms with Gasteiger partial charge in [-0.25, -0.2) is 14.6 Å². The van der Waals surface area contributed by atoms with E-state index in [-0.39, 0.29) is 11.4 Å². The van der Waals surface area contributed by atoms with Gasteiger partial charge in [-0.05, 0) is 25.0 Å². The maximum Gasteiger partial charge on any atom is 0.328 e. The molecule has 0 saturated heterocycles. The summed E-state index contributed by atoms with van der Waals surface area (Å²) in [5, 5.41) is 13.9. The predicted octanol–water partition coefficient (Wildman–Crippen LogP) is 9.21. The number of unbranched alkanes of at least 4 members (excludes halogenated alkanes) is 11. The summed E-state index contributed by atoms with van der Waals surface area (Å²) in [4.78, 5) is 30.2. The smallest absolute Gasteiger partial charge is 0.328 e. The van der Waals surface area contributed by atoms with Gasteiger partial charge in [-0.3, -0.25) is 5.10 Å². The first-order chi connectivity index (χ1) is 21.1. The lowest BCUT2D eigenvalue weighted by Gasteiger charge is -2.17. The lowest BCUT2D eigenvalue weighted by molar-refractivity contribution is -0.146. The molecule has 0 bridgehead atoms. The molecule has 1 aromatic carbocycles. The van der Waals surface area contributed by atoms with Crippen molar-refractivity contribution in [1.29, 1.82) is 0 Å². The number of nitrogens with zero attached hydrogens (tertiary/aromatic N) is 3. The third-order valence-electron chi connectivity index (χ3n) is 7.78. The van der Waals surface area contributed by atoms with E-state index in [4.69, 9.17) is 16.3 Å². The maximum atomic E-state index is 12.8. The lowest BCUT2D eigenvalue weighted by Crippen LogP contribution is -2.43. The summed E-state index contributed by atoms with van der Waals surface area (Å²) in [5.74, 6) is 0.0931. The summed E-state index contributed by atoms with van der Waals surface area (Å²) >= 11 is 6.58. The molecule has 9 nitrogen and oxygen atoms in total. The highest BCUT2D eigenvalue weighted by Gasteiger charge is 2.25. The van der Waals surface area contributed by atoms with Crippen LogP contribution in [-0.2, 0) is 14.9 Å². The number of carbonyl (C=O) groups excluding carboxylic acids is 2. The van der Waals surface area contributed by atoms with E-state index in [2.05, 4.69) is 53.5 Å². The van der Waals surface area contributed by atoms with E-state index >= 15 is 0 Å². The van der Waals surface area contributed by atoms with Crippen molar-refractivity contribution in [2.75, 3.05) is 11.9 Å². The summed E-state index contributed by atoms with van der Waals surface area (Å²) in [6, 6.07) is 6.07. The molecule has 3 rings (SSSR count). The van der Waals surface area contributed by atoms with Crippen molar-refractivity contribution in [2.45, 2.75) is 136 Å². The highest BCUT2D eigenvalue weighted by molar-refractivity contribution is 6.34. The Morgan fingerprint density at radius 1 is 0.955 bits per heavy atom. The Balaban J connectivity index is 1.41. The van der Waals surface area contributed by atoms with Gasteiger partial charge in [0.25, 0.3) is 0 Å². The molecule has 244 valence electrons. The number of aromatic amines is 1. The van der Waals surface area contributed by atoms with E-state index in [1.807, 2.05) is 19.1 Å². The van der Waals surface area contributed by atoms with Gasteiger partial charge in [0.15, 0.2) is 11.5 Å². The van der Waals surface area contributed by atoms with E-state index in [0.717, 1.165) is 30.5 Å². The van der Waals surface area contributed by atoms with Gasteiger partial charge in [0.05, 0.1) is 12.3 Å². The van der Waals surface area contributed by atoms with Gasteiger partial charge in [-0.1, -0.05) is 135 Å². The lowest BCUT2D eigenvalue weighted by atomic mass is 9.92. The molecule has 2 aromatic heterocycles. The normalized spacial score (nSPS) is 12.4. The molecular formula is C34H53ClN6O3. The number of nitrogens with one attached hydrogen (secondary N) is 3. The Bertz CT molecular complexity index is 1310. The second kappa shape index (κ2) is 18.0. The summed E-state index contributed by atoms with van der Waals surface area (Å²) < 4.78 is 7.10. The number of urea groups is 1. The topological polar surface area (TPSA) is 113 Å². The molecule has 3 N–H and O–H groups in total. The number of hydrogen-bond donors (Lipinski definition) is 3. The number of anilines is 1. The van der Waals surface area contributed by atoms with E-state index < -0.39 is 12.1 Å². The molecule has 0 aliphatic heterocycles. The Kier molecular flexibility index (Phi) is 14.5. The largest absolute Gasteiger partial charge is 0.464 e. The van der Waals surface area contributed by atoms with Crippen LogP contribution in [0.2, 0.25) is 5.02 Å². The van der Waals surface area contributed by atoms with Crippen LogP contribution < -0.4 is 10.6 Å². The SMILES string of the molecule is CCCCCCCCCCCCCCOC(=O)C(CCC)NC(=O)Nc1cccc(-c2nc3c(Cl)c(C(C)(C)C)[nH]n3n2)c1. The van der Waals surface area contributed by atoms with Crippen molar-refractivity contribution < 1.29 is 14.3 Å². The number of hydrogen-bond acceptors (Lipinski definition) is 5. The van der Waals surface area contributed by atoms with Gasteiger partial charge in [-0.15, -0.1) is 5.10 Å². The third kappa shape index (κ3) is 11.1. The Labute approximate surface area is 268 Å². The van der Waals surface area contributed by atoms with Crippen molar-refractivity contribution in [2.24, 2.45) is 0 Å². The second-order valence-electron chi connectivity index (χ2n) is 12.8. The average Bonchev–Trinajstić information content (AvgIpc) is 3.54. The maximum absolute atomic E-state index is 12.8. The molecule has 44 heavy (non-hydrogen) atoms. The number of benzene rings is 1. The summed E-state index contributed by atoms with van der Waals surface area (Å²) in [6.45, 7) is 10.8. The quantitative estimate of drug-likeness (QED) is 0.0904. The van der Waals surface area contributed by atoms with Crippen LogP contribution >= 0.6 is 11.6 Å². The van der Waals surface area contributed by atoms with E-state index in [1.165, 1.54) is 64.2 Å². The highest BCUT2D eigenvalue weighted by Crippen LogP contribution is 2.32. The van der Waals surface area contributed by atoms with E-state index in [1.54, 1.807) is 16.8 Å². The number of carbonyl (C=O) groups is 2. The molecule has 1 atom stereocenters. The zero-order chi connectivity index (χ0) is 32.0. The third-order valence-corrected chi connectivity index (χ3v) is 8.14. The first-order valence-electron chi connectivity index (χ1n) is 16.6. The van der Waals surface area contributed by atoms with Gasteiger partial charge in [0, 0.05) is 16.7 Å². The van der Waals surface area contributed by atoms with Crippen molar-refractivity contribution >= 4 is 34.9 Å². The standard InChI is InChI=1S/C34H53ClN6O3/c1-6-8-9-10-11-12-13-14-15-16-17-18-23-44-32(42)27(20-7-2)37-33(43)36-26-22-19-21-25(24-26)30-38-31-28(35)29(34(3,4)5)39-41(31)40-30/h19,21-22,24,27,39H,6-18,20,23H2,1-5H3,(H2,36,37,43). The number of fused-ring (bicyclic) bond motifs is 1. The Morgan fingerprint density at radius 3 is 2.18 bits per heavy atom. The van der Waals surface area contributed by atoms with Crippen LogP contribution in [0, 0.1) is 0 Å². The molecular weight excluding hydrogens is 576 g/mol. The Morgan fingerprint density at radius 2 is 1.59 bits per heavy atom. The number of ether oxygens (including phenoxy) is 1. The van der Waals surface area contributed by atoms with Crippen molar-refractivity contribution in [3.05, 3.63) is 35.0 Å². The van der Waals surface area contributed by atoms with Gasteiger partial charge in [-0.2, -0.15) is 4.63 Å². The first-order valence-corrected chi connectivity index (χ1v) is 17.0. The fourth-order valence-corrected chi connectivity index (χ4v) is 5.68. The molecule has 1 unspecified atom stereocenters. The minimum absolute atomic E-state index is 0.175. The summed E-state index contributed by atoms with van der Waals surface area (Å²) in [6.07, 6.45) is 16.3. The fraction of sp³-hybridized carbons (Fsp3) is 0.647. The zero-order valence-electron chi connectivity index (χ0n) is 27.4. The number of rotatable bonds is 19. The predicted molar refractivity (Wildman–Crippen MR) is 179 cm³/mol. The molecule has 2 heterocycles. The monoisotopic (exact) mass is 628 g/mol. The number of esters is 1. The van der Waals surface area contributed by atoms with Crippen LogP contribution in [0.1, 0.15) is 130 Å². The molecule has 0 saturated carbocycles. The second-order valence-corrected chi connectivity index (χ2v) is 13.2. The zero-order valence-corrected chi connectivity index (χ0v) is 28.2. The molecule has 0 spiro atoms. The molecule has 10 heteroatoms. The average molecular weight is 629 g/mol. The molecule has 0 fully saturated rings. The van der Waals surface area contributed by atoms with Gasteiger partial charge < -0.3 is 15.4 Å². The number of amides is 2. The highest BCUT2D eigenvalue weighted by atomic mass is 35.5.